The standard InChI is InChI=1S/C60H37N3O/c1-3-16-38(17-4-1)42-20-15-21-43(36-42)54-37-53(62-59(63-54)41-18-5-2-6-19-41)39-30-32-40(33-31-39)57-47-34-35-51-58(56(47)46-24-9-13-28-52(46)61-57)64-55-29-14-12-27-50(55)60(51)48-25-10-7-22-44(48)45-23-8-11-26-49(45)60/h1-37H. The number of rotatable bonds is 5. The lowest BCUT2D eigenvalue weighted by Crippen LogP contribution is -2.32. The Kier molecular flexibility index (Phi) is 8.09. The molecule has 2 aromatic heterocycles. The molecule has 1 aliphatic carbocycles. The zero-order chi connectivity index (χ0) is 42.2. The molecule has 0 bridgehead atoms. The Balaban J connectivity index is 0.981. The van der Waals surface area contributed by atoms with Gasteiger partial charge in [-0.25, -0.2) is 15.0 Å². The van der Waals surface area contributed by atoms with Crippen molar-refractivity contribution < 1.29 is 4.74 Å². The van der Waals surface area contributed by atoms with Crippen LogP contribution in [0, 0.1) is 0 Å². The third-order valence-corrected chi connectivity index (χ3v) is 13.2. The summed E-state index contributed by atoms with van der Waals surface area (Å²) in [5.41, 5.74) is 16.6. The van der Waals surface area contributed by atoms with Crippen LogP contribution in [-0.4, -0.2) is 15.0 Å². The lowest BCUT2D eigenvalue weighted by Gasteiger charge is -2.40. The summed E-state index contributed by atoms with van der Waals surface area (Å²) in [5.74, 6) is 2.42. The maximum absolute atomic E-state index is 7.17. The third kappa shape index (κ3) is 5.46. The summed E-state index contributed by atoms with van der Waals surface area (Å²) < 4.78 is 7.17. The first-order chi connectivity index (χ1) is 31.7. The summed E-state index contributed by atoms with van der Waals surface area (Å²) in [4.78, 5) is 15.7. The first kappa shape index (κ1) is 36.2. The maximum atomic E-state index is 7.17. The fourth-order valence-electron chi connectivity index (χ4n) is 10.3. The molecule has 2 aliphatic rings. The van der Waals surface area contributed by atoms with Gasteiger partial charge in [-0.2, -0.15) is 0 Å². The largest absolute Gasteiger partial charge is 0.456 e. The highest BCUT2D eigenvalue weighted by Gasteiger charge is 2.51. The number of hydrogen-bond acceptors (Lipinski definition) is 4. The van der Waals surface area contributed by atoms with Gasteiger partial charge in [0.25, 0.3) is 0 Å². The van der Waals surface area contributed by atoms with E-state index in [1.54, 1.807) is 0 Å². The average Bonchev–Trinajstić information content (AvgIpc) is 3.67. The summed E-state index contributed by atoms with van der Waals surface area (Å²) in [6.07, 6.45) is 0. The molecule has 0 atom stereocenters. The smallest absolute Gasteiger partial charge is 0.160 e. The Morgan fingerprint density at radius 3 is 1.67 bits per heavy atom. The number of fused-ring (bicyclic) bond motifs is 13. The number of nitrogens with zero attached hydrogens (tertiary/aromatic N) is 3. The van der Waals surface area contributed by atoms with Crippen molar-refractivity contribution in [2.75, 3.05) is 0 Å². The first-order valence-electron chi connectivity index (χ1n) is 21.8. The van der Waals surface area contributed by atoms with Crippen molar-refractivity contribution in [3.63, 3.8) is 0 Å². The summed E-state index contributed by atoms with van der Waals surface area (Å²) in [7, 11) is 0. The van der Waals surface area contributed by atoms with E-state index in [9.17, 15) is 0 Å². The van der Waals surface area contributed by atoms with Gasteiger partial charge >= 0.3 is 0 Å². The quantitative estimate of drug-likeness (QED) is 0.162. The van der Waals surface area contributed by atoms with Gasteiger partial charge in [0.05, 0.1) is 28.0 Å². The van der Waals surface area contributed by atoms with Crippen molar-refractivity contribution in [2.45, 2.75) is 5.41 Å². The van der Waals surface area contributed by atoms with Gasteiger partial charge in [-0.1, -0.05) is 200 Å². The average molecular weight is 816 g/mol. The van der Waals surface area contributed by atoms with Crippen LogP contribution in [0.4, 0.5) is 0 Å². The van der Waals surface area contributed by atoms with Gasteiger partial charge in [0.15, 0.2) is 5.82 Å². The van der Waals surface area contributed by atoms with Gasteiger partial charge in [-0.05, 0) is 57.6 Å². The molecule has 0 amide bonds. The normalized spacial score (nSPS) is 12.9. The number of benzene rings is 9. The van der Waals surface area contributed by atoms with Crippen LogP contribution in [0.1, 0.15) is 22.3 Å². The number of aromatic nitrogens is 3. The molecule has 0 radical (unpaired) electrons. The van der Waals surface area contributed by atoms with Crippen LogP contribution in [0.15, 0.2) is 224 Å². The van der Waals surface area contributed by atoms with E-state index in [2.05, 4.69) is 200 Å². The van der Waals surface area contributed by atoms with E-state index >= 15 is 0 Å². The van der Waals surface area contributed by atoms with Crippen molar-refractivity contribution in [1.82, 2.24) is 15.0 Å². The van der Waals surface area contributed by atoms with Gasteiger partial charge < -0.3 is 4.74 Å². The van der Waals surface area contributed by atoms with Crippen molar-refractivity contribution in [2.24, 2.45) is 0 Å². The molecule has 11 aromatic rings. The molecule has 1 aliphatic heterocycles. The predicted octanol–water partition coefficient (Wildman–Crippen LogP) is 15.0. The van der Waals surface area contributed by atoms with E-state index in [-0.39, 0.29) is 0 Å². The van der Waals surface area contributed by atoms with E-state index < -0.39 is 5.41 Å². The molecule has 9 aromatic carbocycles. The number of para-hydroxylation sites is 2. The van der Waals surface area contributed by atoms with Crippen molar-refractivity contribution >= 4 is 21.7 Å². The lowest BCUT2D eigenvalue weighted by atomic mass is 9.65. The van der Waals surface area contributed by atoms with Crippen molar-refractivity contribution in [3.8, 4) is 78.9 Å². The van der Waals surface area contributed by atoms with Gasteiger partial charge in [-0.15, -0.1) is 0 Å². The summed E-state index contributed by atoms with van der Waals surface area (Å²) in [5, 5.41) is 3.15. The SMILES string of the molecule is c1ccc(-c2cccc(-c3cc(-c4ccc(-c5nc6ccccc6c6c7c(ccc56)C5(c6ccccc6O7)c6ccccc6-c6ccccc65)cc4)nc(-c4ccccc4)n3)c2)cc1. The summed E-state index contributed by atoms with van der Waals surface area (Å²) in [6.45, 7) is 0. The van der Waals surface area contributed by atoms with E-state index in [4.69, 9.17) is 19.7 Å². The van der Waals surface area contributed by atoms with E-state index in [0.29, 0.717) is 5.82 Å². The molecule has 0 saturated heterocycles. The Morgan fingerprint density at radius 1 is 0.344 bits per heavy atom. The zero-order valence-corrected chi connectivity index (χ0v) is 34.6. The molecule has 4 nitrogen and oxygen atoms in total. The van der Waals surface area contributed by atoms with Gasteiger partial charge in [-0.3, -0.25) is 0 Å². The number of pyridine rings is 1. The van der Waals surface area contributed by atoms with Crippen LogP contribution < -0.4 is 4.74 Å². The molecular weight excluding hydrogens is 779 g/mol. The first-order valence-corrected chi connectivity index (χ1v) is 21.8. The topological polar surface area (TPSA) is 47.9 Å². The Morgan fingerprint density at radius 2 is 0.922 bits per heavy atom. The molecule has 64 heavy (non-hydrogen) atoms. The van der Waals surface area contributed by atoms with Crippen LogP contribution in [0.3, 0.4) is 0 Å². The zero-order valence-electron chi connectivity index (χ0n) is 34.6. The Hall–Kier alpha value is -8.47. The lowest BCUT2D eigenvalue weighted by molar-refractivity contribution is 0.442. The molecule has 298 valence electrons. The molecule has 13 rings (SSSR count). The number of ether oxygens (including phenoxy) is 1. The van der Waals surface area contributed by atoms with Gasteiger partial charge in [0, 0.05) is 49.5 Å². The van der Waals surface area contributed by atoms with Crippen molar-refractivity contribution in [1.29, 1.82) is 0 Å². The molecule has 4 heteroatoms. The van der Waals surface area contributed by atoms with Crippen LogP contribution >= 0.6 is 0 Å². The highest BCUT2D eigenvalue weighted by Crippen LogP contribution is 2.63. The predicted molar refractivity (Wildman–Crippen MR) is 259 cm³/mol. The molecular formula is C60H37N3O. The fourth-order valence-corrected chi connectivity index (χ4v) is 10.3. The molecule has 0 unspecified atom stereocenters. The monoisotopic (exact) mass is 815 g/mol. The second-order valence-corrected chi connectivity index (χ2v) is 16.6. The van der Waals surface area contributed by atoms with Crippen LogP contribution in [0.5, 0.6) is 11.5 Å². The van der Waals surface area contributed by atoms with E-state index in [1.165, 1.54) is 22.3 Å². The molecule has 0 saturated carbocycles. The molecule has 0 N–H and O–H groups in total. The van der Waals surface area contributed by atoms with E-state index in [0.717, 1.165) is 94.8 Å². The van der Waals surface area contributed by atoms with Crippen LogP contribution in [-0.2, 0) is 5.41 Å². The maximum Gasteiger partial charge on any atom is 0.160 e. The summed E-state index contributed by atoms with van der Waals surface area (Å²) >= 11 is 0. The van der Waals surface area contributed by atoms with Crippen LogP contribution in [0.2, 0.25) is 0 Å². The molecule has 3 heterocycles. The summed E-state index contributed by atoms with van der Waals surface area (Å²) in [6, 6.07) is 79.4. The van der Waals surface area contributed by atoms with Gasteiger partial charge in [0.1, 0.15) is 11.5 Å². The fraction of sp³-hybridized carbons (Fsp3) is 0.0167. The minimum Gasteiger partial charge on any atom is -0.456 e. The van der Waals surface area contributed by atoms with Gasteiger partial charge in [0.2, 0.25) is 0 Å². The second kappa shape index (κ2) is 14.3. The highest BCUT2D eigenvalue weighted by molar-refractivity contribution is 6.15. The minimum absolute atomic E-state index is 0.560. The second-order valence-electron chi connectivity index (χ2n) is 16.6. The Labute approximate surface area is 370 Å². The minimum atomic E-state index is -0.560. The van der Waals surface area contributed by atoms with Crippen molar-refractivity contribution in [3.05, 3.63) is 247 Å². The molecule has 1 spiro atoms. The number of hydrogen-bond donors (Lipinski definition) is 0. The molecule has 0 fully saturated rings. The Bertz CT molecular complexity index is 3590. The van der Waals surface area contributed by atoms with E-state index in [1.807, 2.05) is 24.3 Å². The third-order valence-electron chi connectivity index (χ3n) is 13.2. The highest BCUT2D eigenvalue weighted by atomic mass is 16.5. The van der Waals surface area contributed by atoms with Crippen LogP contribution in [0.25, 0.3) is 89.1 Å².